The van der Waals surface area contributed by atoms with E-state index in [1.54, 1.807) is 36.4 Å². The van der Waals surface area contributed by atoms with Crippen LogP contribution in [0.5, 0.6) is 11.5 Å². The molecule has 1 aliphatic rings. The van der Waals surface area contributed by atoms with Gasteiger partial charge in [0.05, 0.1) is 5.56 Å². The van der Waals surface area contributed by atoms with Crippen LogP contribution in [0.15, 0.2) is 60.7 Å². The summed E-state index contributed by atoms with van der Waals surface area (Å²) in [5.41, 5.74) is 2.87. The number of carbonyl (C=O) groups is 3. The van der Waals surface area contributed by atoms with Crippen LogP contribution in [0.25, 0.3) is 0 Å². The molecule has 0 saturated heterocycles. The summed E-state index contributed by atoms with van der Waals surface area (Å²) in [6.07, 6.45) is 0. The van der Waals surface area contributed by atoms with Gasteiger partial charge in [0.2, 0.25) is 0 Å². The van der Waals surface area contributed by atoms with Crippen LogP contribution in [-0.2, 0) is 19.9 Å². The summed E-state index contributed by atoms with van der Waals surface area (Å²) in [5, 5.41) is 0. The molecule has 0 fully saturated rings. The number of ether oxygens (including phenoxy) is 3. The molecule has 1 aliphatic heterocycles. The van der Waals surface area contributed by atoms with Gasteiger partial charge in [0.15, 0.2) is 5.60 Å². The maximum atomic E-state index is 12.9. The Labute approximate surface area is 185 Å². The van der Waals surface area contributed by atoms with Crippen molar-refractivity contribution in [2.24, 2.45) is 0 Å². The number of rotatable bonds is 4. The molecule has 0 unspecified atom stereocenters. The summed E-state index contributed by atoms with van der Waals surface area (Å²) in [6.45, 7) is 6.34. The average Bonchev–Trinajstić information content (AvgIpc) is 3.04. The molecule has 0 amide bonds. The van der Waals surface area contributed by atoms with Gasteiger partial charge in [-0.15, -0.1) is 0 Å². The Balaban J connectivity index is 1.94. The normalized spacial score (nSPS) is 13.8. The predicted molar refractivity (Wildman–Crippen MR) is 117 cm³/mol. The van der Waals surface area contributed by atoms with Crippen molar-refractivity contribution in [2.75, 3.05) is 0 Å². The standard InChI is InChI=1S/C26H22O6/c1-15-13-19(9-11-23(15)30-17(3)27)26(22-8-6-5-7-21(22)25(29)32-26)20-10-12-24(16(2)14-20)31-18(4)28/h5-14H,1-4H3. The fourth-order valence-electron chi connectivity index (χ4n) is 4.09. The number of aryl methyl sites for hydroxylation is 2. The van der Waals surface area contributed by atoms with Gasteiger partial charge >= 0.3 is 17.9 Å². The van der Waals surface area contributed by atoms with Crippen molar-refractivity contribution in [2.45, 2.75) is 33.3 Å². The molecule has 3 aromatic rings. The van der Waals surface area contributed by atoms with E-state index in [-0.39, 0.29) is 0 Å². The fourth-order valence-corrected chi connectivity index (χ4v) is 4.09. The maximum absolute atomic E-state index is 12.9. The lowest BCUT2D eigenvalue weighted by molar-refractivity contribution is -0.132. The van der Waals surface area contributed by atoms with E-state index in [4.69, 9.17) is 14.2 Å². The molecule has 0 atom stereocenters. The zero-order valence-electron chi connectivity index (χ0n) is 18.2. The molecule has 6 nitrogen and oxygen atoms in total. The SMILES string of the molecule is CC(=O)Oc1ccc(C2(c3ccc(OC(C)=O)c(C)c3)OC(=O)c3ccccc32)cc1C. The number of fused-ring (bicyclic) bond motifs is 1. The maximum Gasteiger partial charge on any atom is 0.340 e. The minimum atomic E-state index is -1.20. The third-order valence-corrected chi connectivity index (χ3v) is 5.44. The molecule has 4 rings (SSSR count). The monoisotopic (exact) mass is 430 g/mol. The summed E-state index contributed by atoms with van der Waals surface area (Å²) in [4.78, 5) is 35.7. The van der Waals surface area contributed by atoms with Crippen molar-refractivity contribution in [3.8, 4) is 11.5 Å². The van der Waals surface area contributed by atoms with Gasteiger partial charge in [-0.3, -0.25) is 9.59 Å². The Morgan fingerprint density at radius 2 is 1.28 bits per heavy atom. The van der Waals surface area contributed by atoms with E-state index in [1.807, 2.05) is 38.1 Å². The van der Waals surface area contributed by atoms with Crippen molar-refractivity contribution < 1.29 is 28.6 Å². The predicted octanol–water partition coefficient (Wildman–Crippen LogP) is 4.62. The summed E-state index contributed by atoms with van der Waals surface area (Å²) < 4.78 is 16.6. The van der Waals surface area contributed by atoms with Crippen LogP contribution >= 0.6 is 0 Å². The Bertz CT molecular complexity index is 1190. The molecule has 0 spiro atoms. The van der Waals surface area contributed by atoms with E-state index in [1.165, 1.54) is 13.8 Å². The molecule has 0 N–H and O–H groups in total. The topological polar surface area (TPSA) is 78.9 Å². The third kappa shape index (κ3) is 3.54. The van der Waals surface area contributed by atoms with E-state index in [2.05, 4.69) is 0 Å². The summed E-state index contributed by atoms with van der Waals surface area (Å²) in [7, 11) is 0. The van der Waals surface area contributed by atoms with Crippen LogP contribution in [-0.4, -0.2) is 17.9 Å². The van der Waals surface area contributed by atoms with E-state index < -0.39 is 23.5 Å². The first-order valence-corrected chi connectivity index (χ1v) is 10.1. The van der Waals surface area contributed by atoms with Crippen molar-refractivity contribution in [1.82, 2.24) is 0 Å². The van der Waals surface area contributed by atoms with Gasteiger partial charge in [-0.1, -0.05) is 30.3 Å². The number of esters is 3. The Kier molecular flexibility index (Phi) is 5.30. The quantitative estimate of drug-likeness (QED) is 0.444. The molecule has 0 radical (unpaired) electrons. The average molecular weight is 430 g/mol. The van der Waals surface area contributed by atoms with Gasteiger partial charge in [-0.05, 0) is 55.3 Å². The Hall–Kier alpha value is -3.93. The zero-order valence-corrected chi connectivity index (χ0v) is 18.2. The molecule has 0 bridgehead atoms. The molecular weight excluding hydrogens is 408 g/mol. The Morgan fingerprint density at radius 3 is 1.75 bits per heavy atom. The van der Waals surface area contributed by atoms with Crippen LogP contribution in [0.3, 0.4) is 0 Å². The third-order valence-electron chi connectivity index (χ3n) is 5.44. The number of hydrogen-bond acceptors (Lipinski definition) is 6. The minimum Gasteiger partial charge on any atom is -0.441 e. The highest BCUT2D eigenvalue weighted by atomic mass is 16.6. The second-order valence-corrected chi connectivity index (χ2v) is 7.76. The van der Waals surface area contributed by atoms with E-state index in [9.17, 15) is 14.4 Å². The van der Waals surface area contributed by atoms with E-state index in [0.717, 1.165) is 11.1 Å². The minimum absolute atomic E-state index is 0.412. The van der Waals surface area contributed by atoms with Crippen LogP contribution < -0.4 is 9.47 Å². The Morgan fingerprint density at radius 1 is 0.781 bits per heavy atom. The molecule has 3 aromatic carbocycles. The number of carbonyl (C=O) groups excluding carboxylic acids is 3. The van der Waals surface area contributed by atoms with Crippen LogP contribution in [0.4, 0.5) is 0 Å². The van der Waals surface area contributed by atoms with Gasteiger partial charge in [0.1, 0.15) is 11.5 Å². The summed E-state index contributed by atoms with van der Waals surface area (Å²) in [6, 6.07) is 17.9. The fraction of sp³-hybridized carbons (Fsp3) is 0.192. The second kappa shape index (κ2) is 7.96. The van der Waals surface area contributed by atoms with Crippen LogP contribution in [0.2, 0.25) is 0 Å². The lowest BCUT2D eigenvalue weighted by atomic mass is 9.79. The molecular formula is C26H22O6. The highest BCUT2D eigenvalue weighted by Crippen LogP contribution is 2.48. The van der Waals surface area contributed by atoms with Crippen molar-refractivity contribution in [1.29, 1.82) is 0 Å². The van der Waals surface area contributed by atoms with E-state index in [0.29, 0.717) is 33.8 Å². The number of cyclic esters (lactones) is 1. The molecule has 0 saturated carbocycles. The van der Waals surface area contributed by atoms with E-state index >= 15 is 0 Å². The summed E-state index contributed by atoms with van der Waals surface area (Å²) >= 11 is 0. The van der Waals surface area contributed by atoms with Gasteiger partial charge in [-0.25, -0.2) is 4.79 Å². The lowest BCUT2D eigenvalue weighted by Crippen LogP contribution is -2.30. The first-order chi connectivity index (χ1) is 15.2. The second-order valence-electron chi connectivity index (χ2n) is 7.76. The number of hydrogen-bond donors (Lipinski definition) is 0. The van der Waals surface area contributed by atoms with Gasteiger partial charge in [0.25, 0.3) is 0 Å². The molecule has 0 aromatic heterocycles. The molecule has 6 heteroatoms. The highest BCUT2D eigenvalue weighted by molar-refractivity contribution is 5.96. The molecule has 32 heavy (non-hydrogen) atoms. The van der Waals surface area contributed by atoms with Crippen LogP contribution in [0.1, 0.15) is 52.0 Å². The van der Waals surface area contributed by atoms with Crippen molar-refractivity contribution in [3.63, 3.8) is 0 Å². The van der Waals surface area contributed by atoms with Crippen LogP contribution in [0, 0.1) is 13.8 Å². The smallest absolute Gasteiger partial charge is 0.340 e. The van der Waals surface area contributed by atoms with Gasteiger partial charge < -0.3 is 14.2 Å². The largest absolute Gasteiger partial charge is 0.441 e. The first kappa shape index (κ1) is 21.3. The summed E-state index contributed by atoms with van der Waals surface area (Å²) in [5.74, 6) is -0.371. The van der Waals surface area contributed by atoms with Crippen molar-refractivity contribution >= 4 is 17.9 Å². The molecule has 0 aliphatic carbocycles. The lowest BCUT2D eigenvalue weighted by Gasteiger charge is -2.31. The van der Waals surface area contributed by atoms with Gasteiger partial charge in [0, 0.05) is 30.5 Å². The molecule has 162 valence electrons. The van der Waals surface area contributed by atoms with Gasteiger partial charge in [-0.2, -0.15) is 0 Å². The number of benzene rings is 3. The first-order valence-electron chi connectivity index (χ1n) is 10.1. The zero-order chi connectivity index (χ0) is 23.0. The molecule has 1 heterocycles. The van der Waals surface area contributed by atoms with Crippen molar-refractivity contribution in [3.05, 3.63) is 94.0 Å². The highest BCUT2D eigenvalue weighted by Gasteiger charge is 2.48.